The van der Waals surface area contributed by atoms with Crippen molar-refractivity contribution in [2.45, 2.75) is 43.7 Å². The Bertz CT molecular complexity index is 543. The third kappa shape index (κ3) is 4.50. The molecule has 0 aliphatic carbocycles. The maximum Gasteiger partial charge on any atom is 0.243 e. The minimum atomic E-state index is -3.49. The smallest absolute Gasteiger partial charge is 0.243 e. The summed E-state index contributed by atoms with van der Waals surface area (Å²) in [7, 11) is -3.49. The van der Waals surface area contributed by atoms with E-state index in [0.29, 0.717) is 13.1 Å². The van der Waals surface area contributed by atoms with Gasteiger partial charge in [0, 0.05) is 25.3 Å². The molecule has 3 N–H and O–H groups in total. The van der Waals surface area contributed by atoms with Gasteiger partial charge in [-0.05, 0) is 38.9 Å². The number of nitrogens with one attached hydrogen (secondary N) is 1. The number of rotatable bonds is 7. The van der Waals surface area contributed by atoms with E-state index in [1.54, 1.807) is 10.9 Å². The molecule has 0 radical (unpaired) electrons. The van der Waals surface area contributed by atoms with Crippen LogP contribution in [0, 0.1) is 0 Å². The SMILES string of the molecule is CCN1CCCC(NS(=O)(=O)c2cnn(CCCN)c2)C1. The van der Waals surface area contributed by atoms with Crippen LogP contribution in [0.1, 0.15) is 26.2 Å². The second-order valence-corrected chi connectivity index (χ2v) is 7.15. The van der Waals surface area contributed by atoms with E-state index >= 15 is 0 Å². The zero-order valence-corrected chi connectivity index (χ0v) is 13.3. The fourth-order valence-corrected chi connectivity index (χ4v) is 3.80. The molecule has 8 heteroatoms. The van der Waals surface area contributed by atoms with Gasteiger partial charge in [-0.2, -0.15) is 5.10 Å². The molecule has 1 aromatic rings. The molecular weight excluding hydrogens is 290 g/mol. The van der Waals surface area contributed by atoms with Crippen LogP contribution >= 0.6 is 0 Å². The molecule has 1 aliphatic heterocycles. The van der Waals surface area contributed by atoms with Crippen molar-refractivity contribution in [2.24, 2.45) is 5.73 Å². The van der Waals surface area contributed by atoms with Crippen molar-refractivity contribution in [2.75, 3.05) is 26.2 Å². The highest BCUT2D eigenvalue weighted by atomic mass is 32.2. The van der Waals surface area contributed by atoms with Crippen LogP contribution in [-0.2, 0) is 16.6 Å². The zero-order valence-electron chi connectivity index (χ0n) is 12.5. The van der Waals surface area contributed by atoms with Crippen molar-refractivity contribution in [3.05, 3.63) is 12.4 Å². The first kappa shape index (κ1) is 16.4. The molecule has 1 aliphatic rings. The van der Waals surface area contributed by atoms with E-state index in [-0.39, 0.29) is 10.9 Å². The molecule has 1 saturated heterocycles. The summed E-state index contributed by atoms with van der Waals surface area (Å²) in [5.74, 6) is 0. The first-order chi connectivity index (χ1) is 10.0. The summed E-state index contributed by atoms with van der Waals surface area (Å²) in [6, 6.07) is -0.0175. The molecular formula is C13H25N5O2S. The monoisotopic (exact) mass is 315 g/mol. The number of piperidine rings is 1. The molecule has 0 amide bonds. The number of aryl methyl sites for hydroxylation is 1. The number of nitrogens with two attached hydrogens (primary N) is 1. The van der Waals surface area contributed by atoms with Gasteiger partial charge in [-0.15, -0.1) is 0 Å². The van der Waals surface area contributed by atoms with Crippen molar-refractivity contribution < 1.29 is 8.42 Å². The molecule has 2 rings (SSSR count). The van der Waals surface area contributed by atoms with Crippen LogP contribution in [0.4, 0.5) is 0 Å². The van der Waals surface area contributed by atoms with Crippen LogP contribution in [0.3, 0.4) is 0 Å². The standard InChI is InChI=1S/C13H25N5O2S/c1-2-17-7-3-5-12(10-17)16-21(19,20)13-9-15-18(11-13)8-4-6-14/h9,11-12,16H,2-8,10,14H2,1H3. The second kappa shape index (κ2) is 7.35. The molecule has 1 atom stereocenters. The molecule has 1 unspecified atom stereocenters. The Hall–Kier alpha value is -0.960. The molecule has 0 bridgehead atoms. The molecule has 21 heavy (non-hydrogen) atoms. The second-order valence-electron chi connectivity index (χ2n) is 5.44. The lowest BCUT2D eigenvalue weighted by Crippen LogP contribution is -2.47. The predicted octanol–water partition coefficient (Wildman–Crippen LogP) is -0.00550. The molecule has 0 saturated carbocycles. The van der Waals surface area contributed by atoms with Gasteiger partial charge in [0.2, 0.25) is 10.0 Å². The lowest BCUT2D eigenvalue weighted by atomic mass is 10.1. The van der Waals surface area contributed by atoms with Gasteiger partial charge in [-0.1, -0.05) is 6.92 Å². The van der Waals surface area contributed by atoms with Crippen molar-refractivity contribution in [1.29, 1.82) is 0 Å². The Morgan fingerprint density at radius 3 is 3.05 bits per heavy atom. The minimum Gasteiger partial charge on any atom is -0.330 e. The summed E-state index contributed by atoms with van der Waals surface area (Å²) in [5.41, 5.74) is 5.44. The molecule has 0 spiro atoms. The highest BCUT2D eigenvalue weighted by Crippen LogP contribution is 2.14. The van der Waals surface area contributed by atoms with Crippen molar-refractivity contribution in [3.8, 4) is 0 Å². The van der Waals surface area contributed by atoms with Gasteiger partial charge in [-0.25, -0.2) is 13.1 Å². The molecule has 2 heterocycles. The third-order valence-corrected chi connectivity index (χ3v) is 5.26. The Balaban J connectivity index is 1.99. The average molecular weight is 315 g/mol. The number of hydrogen-bond donors (Lipinski definition) is 2. The number of likely N-dealkylation sites (N-methyl/N-ethyl adjacent to an activating group) is 1. The van der Waals surface area contributed by atoms with Gasteiger partial charge in [0.1, 0.15) is 4.90 Å². The van der Waals surface area contributed by atoms with Gasteiger partial charge in [0.05, 0.1) is 6.20 Å². The number of sulfonamides is 1. The van der Waals surface area contributed by atoms with Gasteiger partial charge >= 0.3 is 0 Å². The maximum absolute atomic E-state index is 12.4. The minimum absolute atomic E-state index is 0.0175. The Morgan fingerprint density at radius 2 is 2.33 bits per heavy atom. The van der Waals surface area contributed by atoms with E-state index in [1.807, 2.05) is 0 Å². The van der Waals surface area contributed by atoms with Crippen molar-refractivity contribution >= 4 is 10.0 Å². The Morgan fingerprint density at radius 1 is 1.52 bits per heavy atom. The normalized spacial score (nSPS) is 20.8. The van der Waals surface area contributed by atoms with Crippen LogP contribution in [-0.4, -0.2) is 55.3 Å². The first-order valence-corrected chi connectivity index (χ1v) is 9.00. The summed E-state index contributed by atoms with van der Waals surface area (Å²) in [5, 5.41) is 4.08. The van der Waals surface area contributed by atoms with E-state index in [4.69, 9.17) is 5.73 Å². The van der Waals surface area contributed by atoms with E-state index in [2.05, 4.69) is 21.6 Å². The topological polar surface area (TPSA) is 93.2 Å². The van der Waals surface area contributed by atoms with E-state index in [0.717, 1.165) is 38.9 Å². The summed E-state index contributed by atoms with van der Waals surface area (Å²) < 4.78 is 29.2. The highest BCUT2D eigenvalue weighted by Gasteiger charge is 2.25. The largest absolute Gasteiger partial charge is 0.330 e. The molecule has 120 valence electrons. The highest BCUT2D eigenvalue weighted by molar-refractivity contribution is 7.89. The fourth-order valence-electron chi connectivity index (χ4n) is 2.59. The molecule has 1 aromatic heterocycles. The van der Waals surface area contributed by atoms with E-state index in [9.17, 15) is 8.42 Å². The van der Waals surface area contributed by atoms with Gasteiger partial charge < -0.3 is 10.6 Å². The van der Waals surface area contributed by atoms with Crippen LogP contribution in [0.25, 0.3) is 0 Å². The quantitative estimate of drug-likeness (QED) is 0.738. The predicted molar refractivity (Wildman–Crippen MR) is 81.4 cm³/mol. The van der Waals surface area contributed by atoms with Crippen LogP contribution in [0.5, 0.6) is 0 Å². The number of nitrogens with zero attached hydrogens (tertiary/aromatic N) is 3. The van der Waals surface area contributed by atoms with Gasteiger partial charge in [-0.3, -0.25) is 4.68 Å². The number of hydrogen-bond acceptors (Lipinski definition) is 5. The van der Waals surface area contributed by atoms with E-state index < -0.39 is 10.0 Å². The summed E-state index contributed by atoms with van der Waals surface area (Å²) >= 11 is 0. The van der Waals surface area contributed by atoms with Crippen LogP contribution in [0.2, 0.25) is 0 Å². The summed E-state index contributed by atoms with van der Waals surface area (Å²) in [4.78, 5) is 2.49. The maximum atomic E-state index is 12.4. The fraction of sp³-hybridized carbons (Fsp3) is 0.769. The third-order valence-electron chi connectivity index (χ3n) is 3.79. The first-order valence-electron chi connectivity index (χ1n) is 7.52. The zero-order chi connectivity index (χ0) is 15.3. The van der Waals surface area contributed by atoms with Gasteiger partial charge in [0.25, 0.3) is 0 Å². The summed E-state index contributed by atoms with van der Waals surface area (Å²) in [6.45, 7) is 6.07. The number of likely N-dealkylation sites (tertiary alicyclic amines) is 1. The lowest BCUT2D eigenvalue weighted by Gasteiger charge is -2.31. The van der Waals surface area contributed by atoms with Gasteiger partial charge in [0.15, 0.2) is 0 Å². The van der Waals surface area contributed by atoms with Crippen LogP contribution in [0.15, 0.2) is 17.3 Å². The molecule has 1 fully saturated rings. The van der Waals surface area contributed by atoms with E-state index in [1.165, 1.54) is 6.20 Å². The van der Waals surface area contributed by atoms with Crippen molar-refractivity contribution in [3.63, 3.8) is 0 Å². The average Bonchev–Trinajstić information content (AvgIpc) is 2.94. The summed E-state index contributed by atoms with van der Waals surface area (Å²) in [6.07, 6.45) is 5.66. The van der Waals surface area contributed by atoms with Crippen molar-refractivity contribution in [1.82, 2.24) is 19.4 Å². The Kier molecular flexibility index (Phi) is 5.74. The van der Waals surface area contributed by atoms with Crippen LogP contribution < -0.4 is 10.5 Å². The Labute approximate surface area is 126 Å². The lowest BCUT2D eigenvalue weighted by molar-refractivity contribution is 0.211. The molecule has 0 aromatic carbocycles. The molecule has 7 nitrogen and oxygen atoms in total. The number of aromatic nitrogens is 2.